The number of thiazole rings is 1. The molecule has 5 nitrogen and oxygen atoms in total. The SMILES string of the molecule is Cc1nc(-c2ccc(Cl)cc2)sc1C(C)NC(=O)C(N)C1CCOCC1.Cl. The van der Waals surface area contributed by atoms with Crippen LogP contribution in [0.5, 0.6) is 0 Å². The minimum atomic E-state index is -0.495. The average Bonchev–Trinajstić information content (AvgIpc) is 3.04. The van der Waals surface area contributed by atoms with E-state index in [1.807, 2.05) is 38.1 Å². The first-order valence-corrected chi connectivity index (χ1v) is 10.0. The number of rotatable bonds is 5. The fourth-order valence-electron chi connectivity index (χ4n) is 3.19. The molecular formula is C19H25Cl2N3O2S. The summed E-state index contributed by atoms with van der Waals surface area (Å²) in [6.07, 6.45) is 1.67. The molecule has 0 bridgehead atoms. The van der Waals surface area contributed by atoms with Crippen molar-refractivity contribution >= 4 is 41.3 Å². The predicted molar refractivity (Wildman–Crippen MR) is 113 cm³/mol. The lowest BCUT2D eigenvalue weighted by molar-refractivity contribution is -0.125. The zero-order chi connectivity index (χ0) is 18.7. The zero-order valence-electron chi connectivity index (χ0n) is 15.4. The Hall–Kier alpha value is -1.18. The first kappa shape index (κ1) is 22.1. The molecule has 2 unspecified atom stereocenters. The highest BCUT2D eigenvalue weighted by Crippen LogP contribution is 2.32. The molecule has 0 aliphatic carbocycles. The number of nitrogens with one attached hydrogen (secondary N) is 1. The Morgan fingerprint density at radius 1 is 1.33 bits per heavy atom. The topological polar surface area (TPSA) is 77.2 Å². The van der Waals surface area contributed by atoms with Gasteiger partial charge in [-0.15, -0.1) is 23.7 Å². The van der Waals surface area contributed by atoms with Gasteiger partial charge >= 0.3 is 0 Å². The van der Waals surface area contributed by atoms with Crippen molar-refractivity contribution in [3.8, 4) is 10.6 Å². The third kappa shape index (κ3) is 5.42. The Kier molecular flexibility index (Phi) is 8.06. The monoisotopic (exact) mass is 429 g/mol. The molecule has 2 aromatic rings. The van der Waals surface area contributed by atoms with Crippen LogP contribution in [0.25, 0.3) is 10.6 Å². The summed E-state index contributed by atoms with van der Waals surface area (Å²) in [5.41, 5.74) is 8.12. The molecule has 1 saturated heterocycles. The van der Waals surface area contributed by atoms with Crippen LogP contribution in [0.3, 0.4) is 0 Å². The van der Waals surface area contributed by atoms with E-state index < -0.39 is 6.04 Å². The third-order valence-electron chi connectivity index (χ3n) is 4.75. The molecule has 1 aliphatic heterocycles. The highest BCUT2D eigenvalue weighted by atomic mass is 35.5. The molecule has 0 spiro atoms. The molecule has 0 radical (unpaired) electrons. The molecule has 1 aromatic heterocycles. The second-order valence-corrected chi connectivity index (χ2v) is 8.15. The number of carbonyl (C=O) groups is 1. The summed E-state index contributed by atoms with van der Waals surface area (Å²) in [5, 5.41) is 4.67. The Balaban J connectivity index is 0.00000261. The summed E-state index contributed by atoms with van der Waals surface area (Å²) in [5.74, 6) is 0.0772. The van der Waals surface area contributed by atoms with Crippen molar-refractivity contribution in [3.05, 3.63) is 39.9 Å². The van der Waals surface area contributed by atoms with Gasteiger partial charge in [-0.05, 0) is 44.7 Å². The molecular weight excluding hydrogens is 405 g/mol. The number of nitrogens with two attached hydrogens (primary N) is 1. The van der Waals surface area contributed by atoms with Gasteiger partial charge < -0.3 is 15.8 Å². The molecule has 1 amide bonds. The van der Waals surface area contributed by atoms with Crippen molar-refractivity contribution in [2.45, 2.75) is 38.8 Å². The van der Waals surface area contributed by atoms with Crippen LogP contribution in [0.4, 0.5) is 0 Å². The summed E-state index contributed by atoms with van der Waals surface area (Å²) < 4.78 is 5.35. The van der Waals surface area contributed by atoms with Crippen LogP contribution in [0, 0.1) is 12.8 Å². The first-order valence-electron chi connectivity index (χ1n) is 8.82. The Bertz CT molecular complexity index is 761. The van der Waals surface area contributed by atoms with Gasteiger partial charge in [0.2, 0.25) is 5.91 Å². The number of aromatic nitrogens is 1. The fourth-order valence-corrected chi connectivity index (χ4v) is 4.39. The first-order chi connectivity index (χ1) is 12.5. The van der Waals surface area contributed by atoms with E-state index in [0.717, 1.165) is 34.0 Å². The second-order valence-electron chi connectivity index (χ2n) is 6.68. The van der Waals surface area contributed by atoms with E-state index in [1.165, 1.54) is 0 Å². The van der Waals surface area contributed by atoms with E-state index in [9.17, 15) is 4.79 Å². The van der Waals surface area contributed by atoms with Gasteiger partial charge in [-0.1, -0.05) is 23.7 Å². The molecule has 2 heterocycles. The maximum atomic E-state index is 12.5. The van der Waals surface area contributed by atoms with E-state index in [0.29, 0.717) is 18.2 Å². The maximum Gasteiger partial charge on any atom is 0.237 e. The zero-order valence-corrected chi connectivity index (χ0v) is 17.8. The number of carbonyl (C=O) groups excluding carboxylic acids is 1. The highest BCUT2D eigenvalue weighted by Gasteiger charge is 2.28. The summed E-state index contributed by atoms with van der Waals surface area (Å²) in [6.45, 7) is 5.30. The summed E-state index contributed by atoms with van der Waals surface area (Å²) in [6, 6.07) is 6.98. The normalized spacial score (nSPS) is 17.0. The van der Waals surface area contributed by atoms with Crippen molar-refractivity contribution < 1.29 is 9.53 Å². The van der Waals surface area contributed by atoms with Gasteiger partial charge in [0.15, 0.2) is 0 Å². The largest absolute Gasteiger partial charge is 0.381 e. The van der Waals surface area contributed by atoms with Crippen molar-refractivity contribution in [2.75, 3.05) is 13.2 Å². The van der Waals surface area contributed by atoms with Crippen molar-refractivity contribution in [1.82, 2.24) is 10.3 Å². The lowest BCUT2D eigenvalue weighted by Gasteiger charge is -2.27. The minimum absolute atomic E-state index is 0. The van der Waals surface area contributed by atoms with Gasteiger partial charge in [-0.25, -0.2) is 4.98 Å². The lowest BCUT2D eigenvalue weighted by atomic mass is 9.91. The van der Waals surface area contributed by atoms with Crippen LogP contribution in [0.2, 0.25) is 5.02 Å². The number of hydrogen-bond donors (Lipinski definition) is 2. The number of hydrogen-bond acceptors (Lipinski definition) is 5. The quantitative estimate of drug-likeness (QED) is 0.748. The van der Waals surface area contributed by atoms with Gasteiger partial charge in [0.1, 0.15) is 5.01 Å². The van der Waals surface area contributed by atoms with Gasteiger partial charge in [0.25, 0.3) is 0 Å². The van der Waals surface area contributed by atoms with E-state index in [1.54, 1.807) is 11.3 Å². The van der Waals surface area contributed by atoms with Crippen LogP contribution in [0.15, 0.2) is 24.3 Å². The standard InChI is InChI=1S/C19H24ClN3O2S.ClH/c1-11(22-18(24)16(21)13-7-9-25-10-8-13)17-12(2)23-19(26-17)14-3-5-15(20)6-4-14;/h3-6,11,13,16H,7-10,21H2,1-2H3,(H,22,24);1H. The molecule has 3 N–H and O–H groups in total. The maximum absolute atomic E-state index is 12.5. The average molecular weight is 430 g/mol. The van der Waals surface area contributed by atoms with Crippen molar-refractivity contribution in [3.63, 3.8) is 0 Å². The number of aryl methyl sites for hydroxylation is 1. The summed E-state index contributed by atoms with van der Waals surface area (Å²) >= 11 is 7.54. The molecule has 3 rings (SSSR count). The van der Waals surface area contributed by atoms with Gasteiger partial charge in [-0.3, -0.25) is 4.79 Å². The molecule has 8 heteroatoms. The van der Waals surface area contributed by atoms with Crippen LogP contribution in [-0.4, -0.2) is 30.1 Å². The number of amides is 1. The molecule has 148 valence electrons. The second kappa shape index (κ2) is 9.85. The number of benzene rings is 1. The molecule has 2 atom stereocenters. The Morgan fingerprint density at radius 3 is 2.59 bits per heavy atom. The molecule has 1 aliphatic rings. The van der Waals surface area contributed by atoms with Gasteiger partial charge in [0.05, 0.1) is 22.7 Å². The lowest BCUT2D eigenvalue weighted by Crippen LogP contribution is -2.47. The van der Waals surface area contributed by atoms with E-state index in [2.05, 4.69) is 10.3 Å². The third-order valence-corrected chi connectivity index (χ3v) is 6.39. The van der Waals surface area contributed by atoms with E-state index in [-0.39, 0.29) is 30.3 Å². The van der Waals surface area contributed by atoms with Crippen molar-refractivity contribution in [2.24, 2.45) is 11.7 Å². The number of nitrogens with zero attached hydrogens (tertiary/aromatic N) is 1. The fraction of sp³-hybridized carbons (Fsp3) is 0.474. The number of ether oxygens (including phenoxy) is 1. The highest BCUT2D eigenvalue weighted by molar-refractivity contribution is 7.15. The molecule has 1 aromatic carbocycles. The minimum Gasteiger partial charge on any atom is -0.381 e. The summed E-state index contributed by atoms with van der Waals surface area (Å²) in [7, 11) is 0. The van der Waals surface area contributed by atoms with E-state index in [4.69, 9.17) is 22.1 Å². The molecule has 1 fully saturated rings. The van der Waals surface area contributed by atoms with Crippen LogP contribution in [-0.2, 0) is 9.53 Å². The van der Waals surface area contributed by atoms with Crippen LogP contribution >= 0.6 is 35.3 Å². The van der Waals surface area contributed by atoms with Gasteiger partial charge in [0, 0.05) is 23.8 Å². The van der Waals surface area contributed by atoms with Crippen LogP contribution in [0.1, 0.15) is 36.4 Å². The predicted octanol–water partition coefficient (Wildman–Crippen LogP) is 4.12. The smallest absolute Gasteiger partial charge is 0.237 e. The van der Waals surface area contributed by atoms with Crippen LogP contribution < -0.4 is 11.1 Å². The van der Waals surface area contributed by atoms with Gasteiger partial charge in [-0.2, -0.15) is 0 Å². The van der Waals surface area contributed by atoms with Crippen molar-refractivity contribution in [1.29, 1.82) is 0 Å². The van der Waals surface area contributed by atoms with E-state index >= 15 is 0 Å². The molecule has 0 saturated carbocycles. The Morgan fingerprint density at radius 2 is 1.96 bits per heavy atom. The molecule has 27 heavy (non-hydrogen) atoms. The Labute approximate surface area is 175 Å². The number of halogens is 2. The summed E-state index contributed by atoms with van der Waals surface area (Å²) in [4.78, 5) is 18.2.